The third kappa shape index (κ3) is 3.57. The number of allylic oxidation sites excluding steroid dienone is 3. The second-order valence-corrected chi connectivity index (χ2v) is 10.4. The fraction of sp³-hybridized carbons (Fsp3) is 0.304. The summed E-state index contributed by atoms with van der Waals surface area (Å²) in [6.07, 6.45) is 0.875. The molecule has 164 valence electrons. The molecule has 9 heteroatoms. The Kier molecular flexibility index (Phi) is 5.35. The van der Waals surface area contributed by atoms with Crippen LogP contribution in [0.2, 0.25) is 5.02 Å². The molecule has 2 N–H and O–H groups in total. The number of hydrogen-bond donors (Lipinski definition) is 1. The van der Waals surface area contributed by atoms with Crippen LogP contribution in [-0.4, -0.2) is 10.7 Å². The monoisotopic (exact) mass is 468 g/mol. The van der Waals surface area contributed by atoms with E-state index in [0.29, 0.717) is 39.7 Å². The summed E-state index contributed by atoms with van der Waals surface area (Å²) in [5, 5.41) is 21.8. The Balaban J connectivity index is 2.02. The van der Waals surface area contributed by atoms with Crippen LogP contribution in [0.1, 0.15) is 43.0 Å². The summed E-state index contributed by atoms with van der Waals surface area (Å²) in [7, 11) is 0. The Hall–Kier alpha value is -3.15. The van der Waals surface area contributed by atoms with Crippen LogP contribution in [0.25, 0.3) is 0 Å². The van der Waals surface area contributed by atoms with Gasteiger partial charge in [-0.3, -0.25) is 19.8 Å². The lowest BCUT2D eigenvalue weighted by Crippen LogP contribution is -2.42. The first-order valence-corrected chi connectivity index (χ1v) is 11.2. The van der Waals surface area contributed by atoms with Crippen LogP contribution >= 0.6 is 22.9 Å². The summed E-state index contributed by atoms with van der Waals surface area (Å²) in [5.41, 5.74) is 9.27. The van der Waals surface area contributed by atoms with Gasteiger partial charge < -0.3 is 5.73 Å². The molecule has 1 aromatic heterocycles. The molecule has 0 bridgehead atoms. The molecule has 2 heterocycles. The van der Waals surface area contributed by atoms with Gasteiger partial charge in [-0.2, -0.15) is 5.26 Å². The number of nitrogens with zero attached hydrogens (tertiary/aromatic N) is 3. The highest BCUT2D eigenvalue weighted by Crippen LogP contribution is 2.52. The number of nitrogens with two attached hydrogens (primary N) is 1. The SMILES string of the molecule is Cc1ccc(Cl)cc1N1C(N)=C(C#N)[C@@H](c2ccc([N+](=O)[O-])s2)C2=C1CC(C)(C)CC2=O. The number of hydrogen-bond acceptors (Lipinski definition) is 7. The summed E-state index contributed by atoms with van der Waals surface area (Å²) < 4.78 is 0. The van der Waals surface area contributed by atoms with Gasteiger partial charge in [0.2, 0.25) is 0 Å². The van der Waals surface area contributed by atoms with E-state index in [1.54, 1.807) is 23.1 Å². The minimum atomic E-state index is -0.729. The number of nitro groups is 1. The number of nitriles is 1. The summed E-state index contributed by atoms with van der Waals surface area (Å²) in [6.45, 7) is 5.94. The third-order valence-electron chi connectivity index (χ3n) is 5.87. The van der Waals surface area contributed by atoms with Crippen LogP contribution in [-0.2, 0) is 4.79 Å². The van der Waals surface area contributed by atoms with Gasteiger partial charge in [0.05, 0.1) is 28.2 Å². The number of anilines is 1. The fourth-order valence-electron chi connectivity index (χ4n) is 4.49. The number of benzene rings is 1. The van der Waals surface area contributed by atoms with E-state index in [1.807, 2.05) is 26.8 Å². The molecule has 1 aliphatic heterocycles. The van der Waals surface area contributed by atoms with Crippen LogP contribution in [0, 0.1) is 33.8 Å². The highest BCUT2D eigenvalue weighted by atomic mass is 35.5. The Morgan fingerprint density at radius 3 is 2.66 bits per heavy atom. The number of rotatable bonds is 3. The highest BCUT2D eigenvalue weighted by molar-refractivity contribution is 7.15. The summed E-state index contributed by atoms with van der Waals surface area (Å²) in [6, 6.07) is 10.6. The molecule has 1 aromatic carbocycles. The molecule has 0 saturated heterocycles. The largest absolute Gasteiger partial charge is 0.384 e. The number of halogens is 1. The van der Waals surface area contributed by atoms with Crippen LogP contribution in [0.3, 0.4) is 0 Å². The van der Waals surface area contributed by atoms with Gasteiger partial charge in [-0.15, -0.1) is 0 Å². The molecule has 1 atom stereocenters. The van der Waals surface area contributed by atoms with E-state index >= 15 is 0 Å². The normalized spacial score (nSPS) is 20.3. The van der Waals surface area contributed by atoms with E-state index in [2.05, 4.69) is 6.07 Å². The van der Waals surface area contributed by atoms with Crippen LogP contribution in [0.15, 0.2) is 53.0 Å². The number of carbonyl (C=O) groups is 1. The molecular weight excluding hydrogens is 448 g/mol. The minimum Gasteiger partial charge on any atom is -0.384 e. The molecule has 4 rings (SSSR count). The predicted molar refractivity (Wildman–Crippen MR) is 124 cm³/mol. The molecule has 7 nitrogen and oxygen atoms in total. The van der Waals surface area contributed by atoms with Crippen molar-refractivity contribution in [3.8, 4) is 6.07 Å². The smallest absolute Gasteiger partial charge is 0.324 e. The zero-order valence-electron chi connectivity index (χ0n) is 17.8. The fourth-order valence-corrected chi connectivity index (χ4v) is 5.60. The van der Waals surface area contributed by atoms with Crippen LogP contribution in [0.5, 0.6) is 0 Å². The lowest BCUT2D eigenvalue weighted by molar-refractivity contribution is -0.380. The van der Waals surface area contributed by atoms with Crippen molar-refractivity contribution in [1.82, 2.24) is 0 Å². The zero-order valence-corrected chi connectivity index (χ0v) is 19.4. The van der Waals surface area contributed by atoms with E-state index in [4.69, 9.17) is 17.3 Å². The van der Waals surface area contributed by atoms with Crippen molar-refractivity contribution >= 4 is 39.4 Å². The van der Waals surface area contributed by atoms with E-state index in [9.17, 15) is 20.2 Å². The zero-order chi connectivity index (χ0) is 23.4. The molecule has 32 heavy (non-hydrogen) atoms. The maximum absolute atomic E-state index is 13.5. The Labute approximate surface area is 194 Å². The number of ketones is 1. The molecule has 0 fully saturated rings. The summed E-state index contributed by atoms with van der Waals surface area (Å²) in [5.74, 6) is -0.599. The standard InChI is InChI=1S/C23H21ClN4O3S/c1-12-4-5-13(24)8-15(12)27-16-9-23(2,3)10-17(29)21(16)20(14(11-25)22(27)26)18-6-7-19(32-18)28(30)31/h4-8,20H,9-10,26H2,1-3H3/t20-/m0/s1. The molecule has 2 aliphatic rings. The van der Waals surface area contributed by atoms with Gasteiger partial charge in [0.1, 0.15) is 5.82 Å². The molecule has 0 amide bonds. The minimum absolute atomic E-state index is 0.0466. The first-order chi connectivity index (χ1) is 15.0. The number of aryl methyl sites for hydroxylation is 1. The van der Waals surface area contributed by atoms with E-state index < -0.39 is 10.8 Å². The molecular formula is C23H21ClN4O3S. The van der Waals surface area contributed by atoms with E-state index in [1.165, 1.54) is 6.07 Å². The predicted octanol–water partition coefficient (Wildman–Crippen LogP) is 5.56. The average Bonchev–Trinajstić information content (AvgIpc) is 3.19. The Morgan fingerprint density at radius 1 is 1.31 bits per heavy atom. The van der Waals surface area contributed by atoms with Crippen molar-refractivity contribution in [3.63, 3.8) is 0 Å². The van der Waals surface area contributed by atoms with Gasteiger partial charge in [-0.25, -0.2) is 0 Å². The Morgan fingerprint density at radius 2 is 2.03 bits per heavy atom. The second kappa shape index (κ2) is 7.76. The van der Waals surface area contributed by atoms with Gasteiger partial charge in [0.25, 0.3) is 0 Å². The average molecular weight is 469 g/mol. The number of Topliss-reactive ketones (excluding diaryl/α,β-unsaturated/α-hetero) is 1. The maximum Gasteiger partial charge on any atom is 0.324 e. The summed E-state index contributed by atoms with van der Waals surface area (Å²) in [4.78, 5) is 26.6. The van der Waals surface area contributed by atoms with Gasteiger partial charge >= 0.3 is 5.00 Å². The first kappa shape index (κ1) is 22.1. The molecule has 0 spiro atoms. The second-order valence-electron chi connectivity index (χ2n) is 8.84. The van der Waals surface area contributed by atoms with E-state index in [-0.39, 0.29) is 27.6 Å². The first-order valence-electron chi connectivity index (χ1n) is 10.0. The van der Waals surface area contributed by atoms with Crippen molar-refractivity contribution in [2.75, 3.05) is 4.90 Å². The van der Waals surface area contributed by atoms with Gasteiger partial charge in [0.15, 0.2) is 5.78 Å². The van der Waals surface area contributed by atoms with Crippen molar-refractivity contribution in [3.05, 3.63) is 78.6 Å². The van der Waals surface area contributed by atoms with E-state index in [0.717, 1.165) is 16.9 Å². The quantitative estimate of drug-likeness (QED) is 0.466. The van der Waals surface area contributed by atoms with Crippen LogP contribution < -0.4 is 10.6 Å². The van der Waals surface area contributed by atoms with Gasteiger partial charge in [-0.1, -0.05) is 42.9 Å². The lowest BCUT2D eigenvalue weighted by Gasteiger charge is -2.43. The van der Waals surface area contributed by atoms with Crippen molar-refractivity contribution in [2.24, 2.45) is 11.1 Å². The van der Waals surface area contributed by atoms with Crippen molar-refractivity contribution in [2.45, 2.75) is 39.5 Å². The number of carbonyl (C=O) groups excluding carboxylic acids is 1. The highest BCUT2D eigenvalue weighted by Gasteiger charge is 2.45. The van der Waals surface area contributed by atoms with Gasteiger partial charge in [-0.05, 0) is 42.5 Å². The molecule has 0 radical (unpaired) electrons. The van der Waals surface area contributed by atoms with Crippen molar-refractivity contribution in [1.29, 1.82) is 5.26 Å². The Bertz CT molecular complexity index is 1270. The van der Waals surface area contributed by atoms with Crippen molar-refractivity contribution < 1.29 is 9.72 Å². The molecule has 2 aromatic rings. The maximum atomic E-state index is 13.5. The topological polar surface area (TPSA) is 113 Å². The molecule has 0 unspecified atom stereocenters. The summed E-state index contributed by atoms with van der Waals surface area (Å²) >= 11 is 7.24. The number of thiophene rings is 1. The lowest BCUT2D eigenvalue weighted by atomic mass is 9.69. The molecule has 1 aliphatic carbocycles. The van der Waals surface area contributed by atoms with Crippen LogP contribution in [0.4, 0.5) is 10.7 Å². The van der Waals surface area contributed by atoms with Gasteiger partial charge in [0, 0.05) is 33.7 Å². The molecule has 0 saturated carbocycles. The third-order valence-corrected chi connectivity index (χ3v) is 7.21.